The second-order valence-corrected chi connectivity index (χ2v) is 5.59. The summed E-state index contributed by atoms with van der Waals surface area (Å²) in [6, 6.07) is 7.55. The number of rotatable bonds is 5. The normalized spacial score (nSPS) is 19.4. The largest absolute Gasteiger partial charge is 0.377 e. The van der Waals surface area contributed by atoms with Gasteiger partial charge >= 0.3 is 0 Å². The number of ketones is 1. The van der Waals surface area contributed by atoms with Crippen molar-refractivity contribution in [2.45, 2.75) is 18.9 Å². The molecule has 2 rings (SSSR count). The van der Waals surface area contributed by atoms with E-state index in [1.54, 1.807) is 0 Å². The molecule has 4 heteroatoms. The molecule has 0 aromatic heterocycles. The van der Waals surface area contributed by atoms with Crippen LogP contribution in [0.4, 0.5) is 0 Å². The molecule has 1 heterocycles. The molecule has 1 aliphatic rings. The van der Waals surface area contributed by atoms with Gasteiger partial charge in [0, 0.05) is 23.2 Å². The summed E-state index contributed by atoms with van der Waals surface area (Å²) in [5, 5.41) is 0. The Labute approximate surface area is 116 Å². The first-order valence-electron chi connectivity index (χ1n) is 6.24. The number of benzene rings is 1. The molecule has 3 nitrogen and oxygen atoms in total. The van der Waals surface area contributed by atoms with Gasteiger partial charge < -0.3 is 4.74 Å². The molecule has 18 heavy (non-hydrogen) atoms. The molecule has 0 saturated carbocycles. The van der Waals surface area contributed by atoms with E-state index in [0.29, 0.717) is 12.6 Å². The van der Waals surface area contributed by atoms with Gasteiger partial charge in [0.25, 0.3) is 0 Å². The van der Waals surface area contributed by atoms with Gasteiger partial charge in [-0.25, -0.2) is 0 Å². The van der Waals surface area contributed by atoms with E-state index in [0.717, 1.165) is 36.0 Å². The lowest BCUT2D eigenvalue weighted by Gasteiger charge is -2.19. The van der Waals surface area contributed by atoms with E-state index in [4.69, 9.17) is 4.74 Å². The third-order valence-electron chi connectivity index (χ3n) is 3.13. The number of carbonyl (C=O) groups excluding carboxylic acids is 1. The minimum absolute atomic E-state index is 0.142. The Balaban J connectivity index is 1.88. The van der Waals surface area contributed by atoms with Crippen LogP contribution in [0.2, 0.25) is 0 Å². The summed E-state index contributed by atoms with van der Waals surface area (Å²) >= 11 is 3.41. The molecular weight excluding hydrogens is 294 g/mol. The molecule has 0 radical (unpaired) electrons. The first-order chi connectivity index (χ1) is 8.66. The number of carbonyl (C=O) groups is 1. The Morgan fingerprint density at radius 1 is 1.50 bits per heavy atom. The van der Waals surface area contributed by atoms with Crippen molar-refractivity contribution in [3.63, 3.8) is 0 Å². The zero-order chi connectivity index (χ0) is 13.0. The summed E-state index contributed by atoms with van der Waals surface area (Å²) in [7, 11) is 1.97. The lowest BCUT2D eigenvalue weighted by atomic mass is 10.1. The van der Waals surface area contributed by atoms with Crippen molar-refractivity contribution in [3.05, 3.63) is 34.3 Å². The lowest BCUT2D eigenvalue weighted by molar-refractivity contribution is 0.0740. The van der Waals surface area contributed by atoms with Crippen molar-refractivity contribution in [3.8, 4) is 0 Å². The second-order valence-electron chi connectivity index (χ2n) is 4.73. The third kappa shape index (κ3) is 3.64. The molecule has 0 N–H and O–H groups in total. The fraction of sp³-hybridized carbons (Fsp3) is 0.500. The maximum absolute atomic E-state index is 12.1. The van der Waals surface area contributed by atoms with E-state index in [-0.39, 0.29) is 5.78 Å². The van der Waals surface area contributed by atoms with Crippen LogP contribution in [0.25, 0.3) is 0 Å². The van der Waals surface area contributed by atoms with E-state index < -0.39 is 0 Å². The molecule has 1 aromatic rings. The SMILES string of the molecule is CN(CC(=O)c1ccccc1Br)CC1CCCO1. The summed E-state index contributed by atoms with van der Waals surface area (Å²) in [4.78, 5) is 14.2. The Kier molecular flexibility index (Phi) is 4.92. The van der Waals surface area contributed by atoms with Crippen molar-refractivity contribution < 1.29 is 9.53 Å². The fourth-order valence-corrected chi connectivity index (χ4v) is 2.72. The smallest absolute Gasteiger partial charge is 0.177 e. The van der Waals surface area contributed by atoms with E-state index in [1.165, 1.54) is 0 Å². The topological polar surface area (TPSA) is 29.5 Å². The highest BCUT2D eigenvalue weighted by Gasteiger charge is 2.19. The highest BCUT2D eigenvalue weighted by Crippen LogP contribution is 2.17. The van der Waals surface area contributed by atoms with Crippen molar-refractivity contribution in [1.29, 1.82) is 0 Å². The predicted octanol–water partition coefficient (Wildman–Crippen LogP) is 2.74. The van der Waals surface area contributed by atoms with E-state index in [2.05, 4.69) is 15.9 Å². The molecule has 1 atom stereocenters. The summed E-state index contributed by atoms with van der Waals surface area (Å²) < 4.78 is 6.43. The number of halogens is 1. The summed E-state index contributed by atoms with van der Waals surface area (Å²) in [5.41, 5.74) is 0.747. The van der Waals surface area contributed by atoms with Crippen LogP contribution in [-0.4, -0.2) is 43.5 Å². The van der Waals surface area contributed by atoms with Crippen LogP contribution in [0.3, 0.4) is 0 Å². The van der Waals surface area contributed by atoms with E-state index in [1.807, 2.05) is 36.2 Å². The standard InChI is InChI=1S/C14H18BrNO2/c1-16(9-11-5-4-8-18-11)10-14(17)12-6-2-3-7-13(12)15/h2-3,6-7,11H,4-5,8-10H2,1H3. The summed E-state index contributed by atoms with van der Waals surface area (Å²) in [6.45, 7) is 2.12. The molecule has 1 fully saturated rings. The number of hydrogen-bond donors (Lipinski definition) is 0. The van der Waals surface area contributed by atoms with E-state index in [9.17, 15) is 4.79 Å². The van der Waals surface area contributed by atoms with Crippen LogP contribution >= 0.6 is 15.9 Å². The van der Waals surface area contributed by atoms with Gasteiger partial charge in [-0.05, 0) is 26.0 Å². The zero-order valence-corrected chi connectivity index (χ0v) is 12.1. The monoisotopic (exact) mass is 311 g/mol. The average Bonchev–Trinajstić information content (AvgIpc) is 2.82. The van der Waals surface area contributed by atoms with Gasteiger partial charge in [-0.3, -0.25) is 9.69 Å². The highest BCUT2D eigenvalue weighted by atomic mass is 79.9. The van der Waals surface area contributed by atoms with Gasteiger partial charge in [0.15, 0.2) is 5.78 Å². The molecular formula is C14H18BrNO2. The van der Waals surface area contributed by atoms with Crippen molar-refractivity contribution >= 4 is 21.7 Å². The molecule has 1 saturated heterocycles. The van der Waals surface area contributed by atoms with Crippen LogP contribution in [0.1, 0.15) is 23.2 Å². The van der Waals surface area contributed by atoms with Crippen molar-refractivity contribution in [1.82, 2.24) is 4.90 Å². The van der Waals surface area contributed by atoms with Gasteiger partial charge in [-0.15, -0.1) is 0 Å². The predicted molar refractivity (Wildman–Crippen MR) is 74.9 cm³/mol. The Hall–Kier alpha value is -0.710. The molecule has 1 aromatic carbocycles. The Bertz CT molecular complexity index is 416. The van der Waals surface area contributed by atoms with Gasteiger partial charge in [0.2, 0.25) is 0 Å². The maximum Gasteiger partial charge on any atom is 0.177 e. The molecule has 1 aliphatic heterocycles. The highest BCUT2D eigenvalue weighted by molar-refractivity contribution is 9.10. The van der Waals surface area contributed by atoms with E-state index >= 15 is 0 Å². The number of hydrogen-bond acceptors (Lipinski definition) is 3. The van der Waals surface area contributed by atoms with Crippen molar-refractivity contribution in [2.24, 2.45) is 0 Å². The minimum atomic E-state index is 0.142. The second kappa shape index (κ2) is 6.45. The van der Waals surface area contributed by atoms with Crippen LogP contribution in [0, 0.1) is 0 Å². The molecule has 0 spiro atoms. The van der Waals surface area contributed by atoms with Crippen LogP contribution in [0.5, 0.6) is 0 Å². The van der Waals surface area contributed by atoms with Crippen LogP contribution < -0.4 is 0 Å². The molecule has 0 bridgehead atoms. The number of Topliss-reactive ketones (excluding diaryl/α,β-unsaturated/α-hetero) is 1. The quantitative estimate of drug-likeness (QED) is 0.783. The van der Waals surface area contributed by atoms with Crippen LogP contribution in [-0.2, 0) is 4.74 Å². The lowest BCUT2D eigenvalue weighted by Crippen LogP contribution is -2.33. The molecule has 1 unspecified atom stereocenters. The van der Waals surface area contributed by atoms with Crippen molar-refractivity contribution in [2.75, 3.05) is 26.7 Å². The Morgan fingerprint density at radius 3 is 2.94 bits per heavy atom. The fourth-order valence-electron chi connectivity index (χ4n) is 2.22. The first-order valence-corrected chi connectivity index (χ1v) is 7.04. The minimum Gasteiger partial charge on any atom is -0.377 e. The molecule has 98 valence electrons. The number of nitrogens with zero attached hydrogens (tertiary/aromatic N) is 1. The maximum atomic E-state index is 12.1. The third-order valence-corrected chi connectivity index (χ3v) is 3.82. The van der Waals surface area contributed by atoms with Crippen LogP contribution in [0.15, 0.2) is 28.7 Å². The molecule has 0 amide bonds. The average molecular weight is 312 g/mol. The first kappa shape index (κ1) is 13.7. The van der Waals surface area contributed by atoms with Gasteiger partial charge in [0.1, 0.15) is 0 Å². The Morgan fingerprint density at radius 2 is 2.28 bits per heavy atom. The summed E-state index contributed by atoms with van der Waals surface area (Å²) in [6.07, 6.45) is 2.53. The summed E-state index contributed by atoms with van der Waals surface area (Å²) in [5.74, 6) is 0.142. The zero-order valence-electron chi connectivity index (χ0n) is 10.6. The number of likely N-dealkylation sites (N-methyl/N-ethyl adjacent to an activating group) is 1. The van der Waals surface area contributed by atoms with Gasteiger partial charge in [-0.1, -0.05) is 34.1 Å². The van der Waals surface area contributed by atoms with Gasteiger partial charge in [0.05, 0.1) is 12.6 Å². The molecule has 0 aliphatic carbocycles. The van der Waals surface area contributed by atoms with Gasteiger partial charge in [-0.2, -0.15) is 0 Å². The number of ether oxygens (including phenoxy) is 1.